The Bertz CT molecular complexity index is 414. The van der Waals surface area contributed by atoms with Gasteiger partial charge in [0.15, 0.2) is 0 Å². The highest BCUT2D eigenvalue weighted by atomic mass is 35.5. The van der Waals surface area contributed by atoms with Crippen LogP contribution in [0.3, 0.4) is 0 Å². The van der Waals surface area contributed by atoms with Crippen LogP contribution >= 0.6 is 35.6 Å². The highest BCUT2D eigenvalue weighted by Crippen LogP contribution is 2.23. The van der Waals surface area contributed by atoms with Gasteiger partial charge in [-0.15, -0.1) is 12.4 Å². The van der Waals surface area contributed by atoms with Gasteiger partial charge in [-0.25, -0.2) is 0 Å². The molecule has 2 N–H and O–H groups in total. The minimum atomic E-state index is -0.205. The van der Waals surface area contributed by atoms with E-state index in [0.29, 0.717) is 28.2 Å². The van der Waals surface area contributed by atoms with E-state index >= 15 is 0 Å². The lowest BCUT2D eigenvalue weighted by Crippen LogP contribution is -2.30. The Morgan fingerprint density at radius 3 is 2.63 bits per heavy atom. The van der Waals surface area contributed by atoms with Crippen molar-refractivity contribution in [3.63, 3.8) is 0 Å². The van der Waals surface area contributed by atoms with Gasteiger partial charge in [-0.05, 0) is 37.9 Å². The maximum atomic E-state index is 12.0. The van der Waals surface area contributed by atoms with Gasteiger partial charge in [-0.2, -0.15) is 0 Å². The number of benzene rings is 1. The number of nitrogens with one attached hydrogen (secondary N) is 2. The van der Waals surface area contributed by atoms with Gasteiger partial charge in [0.25, 0.3) is 5.91 Å². The van der Waals surface area contributed by atoms with E-state index in [9.17, 15) is 4.79 Å². The normalized spacial score (nSPS) is 17.9. The fraction of sp³-hybridized carbons (Fsp3) is 0.462. The molecule has 1 heterocycles. The van der Waals surface area contributed by atoms with Gasteiger partial charge in [0.1, 0.15) is 0 Å². The third kappa shape index (κ3) is 4.53. The number of hydrogen-bond donors (Lipinski definition) is 2. The number of carbonyl (C=O) groups excluding carboxylic acids is 1. The zero-order chi connectivity index (χ0) is 13.0. The molecule has 1 aromatic carbocycles. The molecular formula is C13H17Cl3N2O. The second kappa shape index (κ2) is 7.95. The van der Waals surface area contributed by atoms with Gasteiger partial charge >= 0.3 is 0 Å². The van der Waals surface area contributed by atoms with Crippen LogP contribution < -0.4 is 10.6 Å². The fourth-order valence-electron chi connectivity index (χ4n) is 2.17. The lowest BCUT2D eigenvalue weighted by Gasteiger charge is -2.12. The van der Waals surface area contributed by atoms with Crippen LogP contribution in [-0.4, -0.2) is 25.0 Å². The molecule has 0 unspecified atom stereocenters. The molecule has 0 spiro atoms. The molecule has 106 valence electrons. The molecule has 3 nitrogen and oxygen atoms in total. The van der Waals surface area contributed by atoms with Crippen molar-refractivity contribution in [2.45, 2.75) is 25.3 Å². The molecule has 1 saturated heterocycles. The Hall–Kier alpha value is -0.480. The minimum absolute atomic E-state index is 0. The van der Waals surface area contributed by atoms with Gasteiger partial charge in [-0.1, -0.05) is 29.3 Å². The third-order valence-electron chi connectivity index (χ3n) is 3.13. The lowest BCUT2D eigenvalue weighted by molar-refractivity contribution is 0.0952. The molecule has 1 aliphatic heterocycles. The standard InChI is InChI=1S/C13H16Cl2N2O.ClH/c14-10-4-1-5-11(15)12(10)13(18)17-8-6-9-3-2-7-16-9;/h1,4-5,9,16H,2-3,6-8H2,(H,17,18);1H/t9-;/m1./s1. The van der Waals surface area contributed by atoms with Crippen LogP contribution in [0, 0.1) is 0 Å². The predicted molar refractivity (Wildman–Crippen MR) is 81.7 cm³/mol. The molecular weight excluding hydrogens is 307 g/mol. The van der Waals surface area contributed by atoms with E-state index in [-0.39, 0.29) is 18.3 Å². The van der Waals surface area contributed by atoms with E-state index in [1.807, 2.05) is 0 Å². The number of amides is 1. The lowest BCUT2D eigenvalue weighted by atomic mass is 10.1. The van der Waals surface area contributed by atoms with E-state index in [1.54, 1.807) is 18.2 Å². The SMILES string of the molecule is Cl.O=C(NCC[C@H]1CCCN1)c1c(Cl)cccc1Cl. The molecule has 0 aromatic heterocycles. The Labute approximate surface area is 129 Å². The molecule has 0 radical (unpaired) electrons. The first-order valence-electron chi connectivity index (χ1n) is 6.14. The topological polar surface area (TPSA) is 41.1 Å². The van der Waals surface area contributed by atoms with E-state index in [0.717, 1.165) is 13.0 Å². The van der Waals surface area contributed by atoms with Gasteiger partial charge in [0.2, 0.25) is 0 Å². The van der Waals surface area contributed by atoms with Gasteiger partial charge in [0.05, 0.1) is 15.6 Å². The summed E-state index contributed by atoms with van der Waals surface area (Å²) in [5, 5.41) is 7.03. The second-order valence-electron chi connectivity index (χ2n) is 4.43. The van der Waals surface area contributed by atoms with E-state index in [1.165, 1.54) is 12.8 Å². The Morgan fingerprint density at radius 2 is 2.05 bits per heavy atom. The quantitative estimate of drug-likeness (QED) is 0.893. The Morgan fingerprint density at radius 1 is 1.37 bits per heavy atom. The van der Waals surface area contributed by atoms with Gasteiger partial charge < -0.3 is 10.6 Å². The van der Waals surface area contributed by atoms with Crippen molar-refractivity contribution in [3.8, 4) is 0 Å². The van der Waals surface area contributed by atoms with Crippen LogP contribution in [0.5, 0.6) is 0 Å². The zero-order valence-corrected chi connectivity index (χ0v) is 12.7. The van der Waals surface area contributed by atoms with Crippen molar-refractivity contribution in [2.75, 3.05) is 13.1 Å². The van der Waals surface area contributed by atoms with Crippen LogP contribution in [0.1, 0.15) is 29.6 Å². The van der Waals surface area contributed by atoms with Gasteiger partial charge in [0, 0.05) is 12.6 Å². The summed E-state index contributed by atoms with van der Waals surface area (Å²) in [6.07, 6.45) is 3.34. The summed E-state index contributed by atoms with van der Waals surface area (Å²) in [6.45, 7) is 1.72. The van der Waals surface area contributed by atoms with Crippen molar-refractivity contribution < 1.29 is 4.79 Å². The molecule has 19 heavy (non-hydrogen) atoms. The summed E-state index contributed by atoms with van der Waals surface area (Å²) in [5.41, 5.74) is 0.361. The van der Waals surface area contributed by atoms with E-state index in [4.69, 9.17) is 23.2 Å². The summed E-state index contributed by atoms with van der Waals surface area (Å²) < 4.78 is 0. The van der Waals surface area contributed by atoms with Crippen molar-refractivity contribution in [3.05, 3.63) is 33.8 Å². The average molecular weight is 324 g/mol. The van der Waals surface area contributed by atoms with E-state index < -0.39 is 0 Å². The maximum absolute atomic E-state index is 12.0. The summed E-state index contributed by atoms with van der Waals surface area (Å²) in [5.74, 6) is -0.205. The van der Waals surface area contributed by atoms with Crippen LogP contribution in [0.25, 0.3) is 0 Å². The van der Waals surface area contributed by atoms with Crippen LogP contribution in [-0.2, 0) is 0 Å². The average Bonchev–Trinajstić information content (AvgIpc) is 2.82. The molecule has 0 saturated carbocycles. The molecule has 6 heteroatoms. The first-order chi connectivity index (χ1) is 8.68. The maximum Gasteiger partial charge on any atom is 0.254 e. The summed E-state index contributed by atoms with van der Waals surface area (Å²) in [4.78, 5) is 12.0. The Kier molecular flexibility index (Phi) is 6.94. The van der Waals surface area contributed by atoms with Gasteiger partial charge in [-0.3, -0.25) is 4.79 Å². The number of halogens is 3. The van der Waals surface area contributed by atoms with Crippen LogP contribution in [0.2, 0.25) is 10.0 Å². The van der Waals surface area contributed by atoms with E-state index in [2.05, 4.69) is 10.6 Å². The third-order valence-corrected chi connectivity index (χ3v) is 3.76. The minimum Gasteiger partial charge on any atom is -0.352 e. The predicted octanol–water partition coefficient (Wildman–Crippen LogP) is 3.29. The molecule has 1 aliphatic rings. The smallest absolute Gasteiger partial charge is 0.254 e. The molecule has 1 fully saturated rings. The van der Waals surface area contributed by atoms with Crippen molar-refractivity contribution in [1.29, 1.82) is 0 Å². The summed E-state index contributed by atoms with van der Waals surface area (Å²) >= 11 is 11.9. The monoisotopic (exact) mass is 322 g/mol. The first-order valence-corrected chi connectivity index (χ1v) is 6.89. The molecule has 0 aliphatic carbocycles. The van der Waals surface area contributed by atoms with Crippen molar-refractivity contribution >= 4 is 41.5 Å². The van der Waals surface area contributed by atoms with Crippen molar-refractivity contribution in [1.82, 2.24) is 10.6 Å². The highest BCUT2D eigenvalue weighted by Gasteiger charge is 2.16. The van der Waals surface area contributed by atoms with Crippen LogP contribution in [0.15, 0.2) is 18.2 Å². The molecule has 2 rings (SSSR count). The number of carbonyl (C=O) groups is 1. The summed E-state index contributed by atoms with van der Waals surface area (Å²) in [6, 6.07) is 5.58. The molecule has 1 atom stereocenters. The zero-order valence-electron chi connectivity index (χ0n) is 10.4. The fourth-order valence-corrected chi connectivity index (χ4v) is 2.74. The number of rotatable bonds is 4. The number of hydrogen-bond acceptors (Lipinski definition) is 2. The Balaban J connectivity index is 0.00000180. The molecule has 1 amide bonds. The molecule has 1 aromatic rings. The second-order valence-corrected chi connectivity index (χ2v) is 5.25. The van der Waals surface area contributed by atoms with Crippen LogP contribution in [0.4, 0.5) is 0 Å². The van der Waals surface area contributed by atoms with Crippen molar-refractivity contribution in [2.24, 2.45) is 0 Å². The largest absolute Gasteiger partial charge is 0.352 e. The first kappa shape index (κ1) is 16.6. The summed E-state index contributed by atoms with van der Waals surface area (Å²) in [7, 11) is 0. The molecule has 0 bridgehead atoms. The highest BCUT2D eigenvalue weighted by molar-refractivity contribution is 6.39.